The van der Waals surface area contributed by atoms with Crippen molar-refractivity contribution in [3.8, 4) is 0 Å². The molecule has 0 bridgehead atoms. The summed E-state index contributed by atoms with van der Waals surface area (Å²) in [4.78, 5) is 13.1. The van der Waals surface area contributed by atoms with E-state index in [0.717, 1.165) is 10.4 Å². The Morgan fingerprint density at radius 2 is 1.38 bits per heavy atom. The number of ether oxygens (including phenoxy) is 1. The molecule has 1 amide bonds. The van der Waals surface area contributed by atoms with Crippen LogP contribution in [0.4, 0.5) is 4.79 Å². The van der Waals surface area contributed by atoms with Crippen LogP contribution in [-0.2, 0) is 20.5 Å². The molecule has 0 aliphatic rings. The van der Waals surface area contributed by atoms with Crippen LogP contribution < -0.4 is 15.7 Å². The quantitative estimate of drug-likeness (QED) is 0.222. The molecule has 0 saturated heterocycles. The number of hydrogen-bond acceptors (Lipinski definition) is 5. The van der Waals surface area contributed by atoms with E-state index in [1.165, 1.54) is 0 Å². The number of benzene rings is 2. The van der Waals surface area contributed by atoms with Crippen LogP contribution >= 0.6 is 0 Å². The van der Waals surface area contributed by atoms with Gasteiger partial charge in [0.1, 0.15) is 27.2 Å². The predicted molar refractivity (Wildman–Crippen MR) is 167 cm³/mol. The lowest BCUT2D eigenvalue weighted by molar-refractivity contribution is 0.0398. The van der Waals surface area contributed by atoms with Crippen molar-refractivity contribution in [1.82, 2.24) is 5.32 Å². The fraction of sp³-hybridized carbons (Fsp3) is 0.548. The number of hydrogen-bond donors (Lipinski definition) is 1. The minimum atomic E-state index is -2.96. The van der Waals surface area contributed by atoms with Crippen LogP contribution in [-0.4, -0.2) is 47.2 Å². The topological polar surface area (TPSA) is 83.0 Å². The van der Waals surface area contributed by atoms with Crippen LogP contribution in [0.15, 0.2) is 65.1 Å². The monoisotopic (exact) mass is 572 g/mol. The molecule has 0 aromatic heterocycles. The van der Waals surface area contributed by atoms with Gasteiger partial charge in [0.25, 0.3) is 8.32 Å². The molecule has 8 heteroatoms. The van der Waals surface area contributed by atoms with Gasteiger partial charge >= 0.3 is 6.09 Å². The standard InChI is InChI=1S/C31H48N2O4SSi/c1-12-26(31(11,23-32-38(35)29(5,6)7)33-27(34)36-28(2,3)4)37-39(30(8,9)10,24-19-15-13-16-20-24)25-21-17-14-18-22-25/h13-23,26H,12H2,1-11H3,(H,33,34)/t26-,31+,38?/m1/s1. The van der Waals surface area contributed by atoms with Crippen molar-refractivity contribution in [1.29, 1.82) is 0 Å². The summed E-state index contributed by atoms with van der Waals surface area (Å²) in [6.07, 6.45) is 1.08. The third-order valence-corrected chi connectivity index (χ3v) is 12.9. The maximum Gasteiger partial charge on any atom is 0.408 e. The molecule has 0 fully saturated rings. The van der Waals surface area contributed by atoms with E-state index in [1.54, 1.807) is 6.21 Å². The number of nitrogens with one attached hydrogen (secondary N) is 1. The summed E-state index contributed by atoms with van der Waals surface area (Å²) in [5.41, 5.74) is -1.79. The summed E-state index contributed by atoms with van der Waals surface area (Å²) in [6.45, 7) is 21.6. The average Bonchev–Trinajstić information content (AvgIpc) is 2.81. The summed E-state index contributed by atoms with van der Waals surface area (Å²) in [7, 11) is -2.96. The summed E-state index contributed by atoms with van der Waals surface area (Å²) in [6, 6.07) is 20.7. The maximum atomic E-state index is 13.1. The van der Waals surface area contributed by atoms with Crippen LogP contribution in [0, 0.1) is 0 Å². The first-order valence-corrected chi connectivity index (χ1v) is 16.6. The van der Waals surface area contributed by atoms with E-state index in [2.05, 4.69) is 54.8 Å². The fourth-order valence-corrected chi connectivity index (χ4v) is 10.1. The molecule has 0 aliphatic carbocycles. The minimum Gasteiger partial charge on any atom is -0.591 e. The minimum absolute atomic E-state index is 0.263. The highest BCUT2D eigenvalue weighted by Crippen LogP contribution is 2.39. The summed E-state index contributed by atoms with van der Waals surface area (Å²) >= 11 is -1.52. The van der Waals surface area contributed by atoms with E-state index < -0.39 is 47.8 Å². The van der Waals surface area contributed by atoms with Crippen molar-refractivity contribution in [2.24, 2.45) is 4.40 Å². The molecule has 39 heavy (non-hydrogen) atoms. The first kappa shape index (κ1) is 33.1. The van der Waals surface area contributed by atoms with Crippen molar-refractivity contribution in [3.63, 3.8) is 0 Å². The molecule has 0 aliphatic heterocycles. The summed E-state index contributed by atoms with van der Waals surface area (Å²) < 4.78 is 29.9. The maximum absolute atomic E-state index is 13.1. The SMILES string of the molecule is CC[C@@H](O[Si](c1ccccc1)(c1ccccc1)C(C)(C)C)[C@](C)(C=N[S+]([O-])C(C)(C)C)NC(=O)OC(C)(C)C. The van der Waals surface area contributed by atoms with Gasteiger partial charge in [-0.15, -0.1) is 0 Å². The second-order valence-electron chi connectivity index (χ2n) is 13.2. The number of carbonyl (C=O) groups excluding carboxylic acids is 1. The van der Waals surface area contributed by atoms with Crippen LogP contribution in [0.3, 0.4) is 0 Å². The van der Waals surface area contributed by atoms with Crippen molar-refractivity contribution >= 4 is 42.4 Å². The smallest absolute Gasteiger partial charge is 0.408 e. The molecule has 6 nitrogen and oxygen atoms in total. The predicted octanol–water partition coefficient (Wildman–Crippen LogP) is 6.16. The van der Waals surface area contributed by atoms with Crippen molar-refractivity contribution in [2.75, 3.05) is 0 Å². The second-order valence-corrected chi connectivity index (χ2v) is 19.4. The first-order valence-electron chi connectivity index (χ1n) is 13.6. The number of amides is 1. The summed E-state index contributed by atoms with van der Waals surface area (Å²) in [5.74, 6) is 0. The van der Waals surface area contributed by atoms with E-state index in [9.17, 15) is 9.35 Å². The molecule has 0 heterocycles. The van der Waals surface area contributed by atoms with Crippen LogP contribution in [0.1, 0.15) is 82.6 Å². The Kier molecular flexibility index (Phi) is 10.7. The van der Waals surface area contributed by atoms with Crippen molar-refractivity contribution in [2.45, 2.75) is 110 Å². The second kappa shape index (κ2) is 12.6. The Hall–Kier alpha value is -2.13. The van der Waals surface area contributed by atoms with E-state index >= 15 is 0 Å². The largest absolute Gasteiger partial charge is 0.591 e. The highest BCUT2D eigenvalue weighted by molar-refractivity contribution is 7.91. The van der Waals surface area contributed by atoms with Crippen molar-refractivity contribution in [3.05, 3.63) is 60.7 Å². The summed E-state index contributed by atoms with van der Waals surface area (Å²) in [5, 5.41) is 5.05. The lowest BCUT2D eigenvalue weighted by atomic mass is 9.94. The van der Waals surface area contributed by atoms with Gasteiger partial charge in [-0.1, -0.05) is 92.8 Å². The normalized spacial score (nSPS) is 16.4. The number of carbonyl (C=O) groups is 1. The highest BCUT2D eigenvalue weighted by atomic mass is 32.2. The first-order chi connectivity index (χ1) is 17.9. The highest BCUT2D eigenvalue weighted by Gasteiger charge is 2.53. The Morgan fingerprint density at radius 1 is 0.923 bits per heavy atom. The molecule has 216 valence electrons. The van der Waals surface area contributed by atoms with E-state index in [4.69, 9.17) is 9.16 Å². The molecule has 1 N–H and O–H groups in total. The number of rotatable bonds is 9. The van der Waals surface area contributed by atoms with Gasteiger partial charge in [0.05, 0.1) is 12.3 Å². The third-order valence-electron chi connectivity index (χ3n) is 6.49. The molecule has 2 aromatic rings. The molecule has 0 spiro atoms. The molecular weight excluding hydrogens is 525 g/mol. The van der Waals surface area contributed by atoms with Crippen LogP contribution in [0.25, 0.3) is 0 Å². The van der Waals surface area contributed by atoms with Gasteiger partial charge in [-0.25, -0.2) is 4.79 Å². The zero-order chi connectivity index (χ0) is 29.7. The molecule has 0 saturated carbocycles. The van der Waals surface area contributed by atoms with Gasteiger partial charge in [0.2, 0.25) is 0 Å². The van der Waals surface area contributed by atoms with Gasteiger partial charge in [-0.2, -0.15) is 0 Å². The Balaban J connectivity index is 2.74. The van der Waals surface area contributed by atoms with Gasteiger partial charge in [-0.05, 0) is 70.3 Å². The Bertz CT molecular complexity index is 1050. The van der Waals surface area contributed by atoms with Gasteiger partial charge in [0.15, 0.2) is 0 Å². The number of alkyl carbamates (subject to hydrolysis) is 1. The Morgan fingerprint density at radius 3 is 1.74 bits per heavy atom. The molecular formula is C31H48N2O4SSi. The molecule has 3 atom stereocenters. The zero-order valence-electron chi connectivity index (χ0n) is 25.6. The van der Waals surface area contributed by atoms with Crippen molar-refractivity contribution < 1.29 is 18.5 Å². The van der Waals surface area contributed by atoms with Gasteiger partial charge < -0.3 is 19.0 Å². The lowest BCUT2D eigenvalue weighted by Crippen LogP contribution is -2.71. The van der Waals surface area contributed by atoms with Gasteiger partial charge in [0, 0.05) is 0 Å². The fourth-order valence-electron chi connectivity index (χ4n) is 4.57. The molecule has 2 rings (SSSR count). The third kappa shape index (κ3) is 8.43. The van der Waals surface area contributed by atoms with E-state index in [1.807, 2.05) is 91.8 Å². The number of nitrogens with zero attached hydrogens (tertiary/aromatic N) is 1. The zero-order valence-corrected chi connectivity index (χ0v) is 27.4. The van der Waals surface area contributed by atoms with E-state index in [-0.39, 0.29) is 5.04 Å². The Labute approximate surface area is 240 Å². The van der Waals surface area contributed by atoms with Crippen LogP contribution in [0.2, 0.25) is 5.04 Å². The molecule has 0 radical (unpaired) electrons. The molecule has 1 unspecified atom stereocenters. The van der Waals surface area contributed by atoms with E-state index in [0.29, 0.717) is 6.42 Å². The van der Waals surface area contributed by atoms with Gasteiger partial charge in [-0.3, -0.25) is 0 Å². The average molecular weight is 573 g/mol. The molecule has 2 aromatic carbocycles. The lowest BCUT2D eigenvalue weighted by Gasteiger charge is -2.48. The van der Waals surface area contributed by atoms with Crippen LogP contribution in [0.5, 0.6) is 0 Å².